The average Bonchev–Trinajstić information content (AvgIpc) is 2.74. The summed E-state index contributed by atoms with van der Waals surface area (Å²) in [6, 6.07) is 4.21. The molecule has 1 unspecified atom stereocenters. The van der Waals surface area contributed by atoms with E-state index in [4.69, 9.17) is 5.26 Å². The van der Waals surface area contributed by atoms with Crippen molar-refractivity contribution in [2.45, 2.75) is 82.7 Å². The van der Waals surface area contributed by atoms with Crippen LogP contribution in [0.3, 0.4) is 0 Å². The lowest BCUT2D eigenvalue weighted by molar-refractivity contribution is -0.138. The molecule has 0 saturated carbocycles. The molecule has 0 aliphatic heterocycles. The molecule has 1 aromatic rings. The van der Waals surface area contributed by atoms with Crippen LogP contribution in [0.5, 0.6) is 0 Å². The van der Waals surface area contributed by atoms with E-state index >= 15 is 0 Å². The van der Waals surface area contributed by atoms with Crippen LogP contribution in [0, 0.1) is 11.3 Å². The summed E-state index contributed by atoms with van der Waals surface area (Å²) < 4.78 is 87.1. The summed E-state index contributed by atoms with van der Waals surface area (Å²) in [5.41, 5.74) is -3.74. The van der Waals surface area contributed by atoms with Crippen molar-refractivity contribution in [1.29, 1.82) is 5.26 Å². The standard InChI is InChI=1S/C23H30F6N2O3S/c1-21(33,20(32)31-18-10-9-17(16-30)19(15-18)23(27,28)29)11-6-4-2-3-5-7-13-35(34)14-8-12-22(24,25)26/h9-10,15,33H,2-8,11-14H2,1H3,(H,31,32)/t21-,35?/m0/s1. The Morgan fingerprint density at radius 1 is 0.971 bits per heavy atom. The number of benzene rings is 1. The van der Waals surface area contributed by atoms with E-state index in [1.807, 2.05) is 0 Å². The maximum atomic E-state index is 13.1. The molecule has 0 fully saturated rings. The highest BCUT2D eigenvalue weighted by molar-refractivity contribution is 7.84. The van der Waals surface area contributed by atoms with Crippen LogP contribution in [0.1, 0.15) is 75.8 Å². The van der Waals surface area contributed by atoms with Gasteiger partial charge in [-0.25, -0.2) is 0 Å². The zero-order valence-electron chi connectivity index (χ0n) is 19.4. The topological polar surface area (TPSA) is 90.2 Å². The summed E-state index contributed by atoms with van der Waals surface area (Å²) in [4.78, 5) is 12.3. The molecule has 198 valence electrons. The highest BCUT2D eigenvalue weighted by Gasteiger charge is 2.35. The van der Waals surface area contributed by atoms with Crippen LogP contribution in [-0.4, -0.2) is 38.5 Å². The second kappa shape index (κ2) is 13.8. The molecule has 0 heterocycles. The van der Waals surface area contributed by atoms with Gasteiger partial charge in [0, 0.05) is 34.4 Å². The summed E-state index contributed by atoms with van der Waals surface area (Å²) in [5, 5.41) is 21.5. The molecule has 5 nitrogen and oxygen atoms in total. The Balaban J connectivity index is 2.31. The van der Waals surface area contributed by atoms with Crippen molar-refractivity contribution in [3.8, 4) is 6.07 Å². The predicted octanol–water partition coefficient (Wildman–Crippen LogP) is 6.09. The fourth-order valence-electron chi connectivity index (χ4n) is 3.31. The van der Waals surface area contributed by atoms with E-state index in [-0.39, 0.29) is 24.3 Å². The van der Waals surface area contributed by atoms with Crippen LogP contribution in [-0.2, 0) is 21.8 Å². The van der Waals surface area contributed by atoms with Gasteiger partial charge in [0.25, 0.3) is 5.91 Å². The Bertz CT molecular complexity index is 895. The Hall–Kier alpha value is -2.13. The number of unbranched alkanes of at least 4 members (excludes halogenated alkanes) is 5. The van der Waals surface area contributed by atoms with Gasteiger partial charge in [-0.3, -0.25) is 9.00 Å². The van der Waals surface area contributed by atoms with Crippen LogP contribution < -0.4 is 5.32 Å². The van der Waals surface area contributed by atoms with Gasteiger partial charge in [-0.1, -0.05) is 32.1 Å². The second-order valence-corrected chi connectivity index (χ2v) is 10.2. The van der Waals surface area contributed by atoms with Crippen LogP contribution in [0.25, 0.3) is 0 Å². The first-order valence-electron chi connectivity index (χ1n) is 11.2. The first kappa shape index (κ1) is 30.9. The molecular weight excluding hydrogens is 498 g/mol. The van der Waals surface area contributed by atoms with Gasteiger partial charge in [-0.15, -0.1) is 0 Å². The number of hydrogen-bond acceptors (Lipinski definition) is 4. The Morgan fingerprint density at radius 2 is 1.54 bits per heavy atom. The predicted molar refractivity (Wildman–Crippen MR) is 121 cm³/mol. The molecule has 0 spiro atoms. The van der Waals surface area contributed by atoms with Gasteiger partial charge in [-0.2, -0.15) is 31.6 Å². The molecule has 2 N–H and O–H groups in total. The van der Waals surface area contributed by atoms with Crippen molar-refractivity contribution in [2.75, 3.05) is 16.8 Å². The summed E-state index contributed by atoms with van der Waals surface area (Å²) >= 11 is 0. The van der Waals surface area contributed by atoms with Crippen LogP contribution in [0.2, 0.25) is 0 Å². The molecule has 0 aromatic heterocycles. The molecule has 1 aromatic carbocycles. The van der Waals surface area contributed by atoms with Gasteiger partial charge in [0.05, 0.1) is 17.2 Å². The minimum Gasteiger partial charge on any atom is -0.380 e. The maximum Gasteiger partial charge on any atom is 0.417 e. The summed E-state index contributed by atoms with van der Waals surface area (Å²) in [5.74, 6) is -0.460. The van der Waals surface area contributed by atoms with Gasteiger partial charge in [-0.05, 0) is 44.4 Å². The molecule has 0 aliphatic carbocycles. The third-order valence-electron chi connectivity index (χ3n) is 5.31. The largest absolute Gasteiger partial charge is 0.417 e. The van der Waals surface area contributed by atoms with E-state index in [2.05, 4.69) is 5.32 Å². The SMILES string of the molecule is C[C@](O)(CCCCCCCCS(=O)CCCC(F)(F)F)C(=O)Nc1ccc(C#N)c(C(F)(F)F)c1. The summed E-state index contributed by atoms with van der Waals surface area (Å²) in [6.07, 6.45) is -5.80. The zero-order chi connectivity index (χ0) is 26.7. The van der Waals surface area contributed by atoms with Crippen molar-refractivity contribution >= 4 is 22.4 Å². The van der Waals surface area contributed by atoms with Crippen molar-refractivity contribution < 1.29 is 40.5 Å². The number of nitrogens with zero attached hydrogens (tertiary/aromatic N) is 1. The smallest absolute Gasteiger partial charge is 0.380 e. The normalized spacial score (nSPS) is 14.7. The van der Waals surface area contributed by atoms with Gasteiger partial charge in [0.2, 0.25) is 0 Å². The van der Waals surface area contributed by atoms with Crippen LogP contribution in [0.15, 0.2) is 18.2 Å². The lowest BCUT2D eigenvalue weighted by Gasteiger charge is -2.22. The van der Waals surface area contributed by atoms with Crippen molar-refractivity contribution in [3.63, 3.8) is 0 Å². The molecule has 0 aliphatic rings. The average molecular weight is 529 g/mol. The number of alkyl halides is 6. The van der Waals surface area contributed by atoms with E-state index in [0.717, 1.165) is 31.4 Å². The van der Waals surface area contributed by atoms with E-state index in [0.29, 0.717) is 31.1 Å². The van der Waals surface area contributed by atoms with Gasteiger partial charge >= 0.3 is 12.4 Å². The first-order valence-corrected chi connectivity index (χ1v) is 12.7. The Labute approximate surface area is 203 Å². The van der Waals surface area contributed by atoms with Crippen molar-refractivity contribution in [2.24, 2.45) is 0 Å². The Morgan fingerprint density at radius 3 is 2.11 bits per heavy atom. The number of carbonyl (C=O) groups is 1. The molecule has 0 saturated heterocycles. The van der Waals surface area contributed by atoms with Crippen molar-refractivity contribution in [1.82, 2.24) is 0 Å². The molecule has 0 bridgehead atoms. The fraction of sp³-hybridized carbons (Fsp3) is 0.652. The number of amides is 1. The number of hydrogen-bond donors (Lipinski definition) is 2. The highest BCUT2D eigenvalue weighted by Crippen LogP contribution is 2.34. The lowest BCUT2D eigenvalue weighted by Crippen LogP contribution is -2.40. The molecule has 2 atom stereocenters. The first-order chi connectivity index (χ1) is 16.2. The minimum absolute atomic E-state index is 0.0383. The van der Waals surface area contributed by atoms with E-state index in [1.165, 1.54) is 13.0 Å². The molecule has 12 heteroatoms. The number of nitrogens with one attached hydrogen (secondary N) is 1. The van der Waals surface area contributed by atoms with E-state index < -0.39 is 52.2 Å². The minimum atomic E-state index is -4.77. The van der Waals surface area contributed by atoms with Crippen LogP contribution in [0.4, 0.5) is 32.0 Å². The van der Waals surface area contributed by atoms with E-state index in [9.17, 15) is 40.5 Å². The lowest BCUT2D eigenvalue weighted by atomic mass is 9.96. The van der Waals surface area contributed by atoms with Gasteiger partial charge < -0.3 is 10.4 Å². The molecular formula is C23H30F6N2O3S. The summed E-state index contributed by atoms with van der Waals surface area (Å²) in [7, 11) is -1.26. The molecule has 1 amide bonds. The third kappa shape index (κ3) is 12.4. The number of aliphatic hydroxyl groups is 1. The second-order valence-electron chi connectivity index (χ2n) is 8.54. The van der Waals surface area contributed by atoms with Crippen molar-refractivity contribution in [3.05, 3.63) is 29.3 Å². The third-order valence-corrected chi connectivity index (χ3v) is 6.80. The highest BCUT2D eigenvalue weighted by atomic mass is 32.2. The number of halogens is 6. The maximum absolute atomic E-state index is 13.1. The van der Waals surface area contributed by atoms with Gasteiger partial charge in [0.15, 0.2) is 0 Å². The van der Waals surface area contributed by atoms with Crippen LogP contribution >= 0.6 is 0 Å². The number of nitriles is 1. The molecule has 0 radical (unpaired) electrons. The molecule has 1 rings (SSSR count). The zero-order valence-corrected chi connectivity index (χ0v) is 20.2. The fourth-order valence-corrected chi connectivity index (χ4v) is 4.50. The monoisotopic (exact) mass is 528 g/mol. The Kier molecular flexibility index (Phi) is 12.2. The van der Waals surface area contributed by atoms with Gasteiger partial charge in [0.1, 0.15) is 5.60 Å². The quantitative estimate of drug-likeness (QED) is 0.226. The van der Waals surface area contributed by atoms with E-state index in [1.54, 1.807) is 0 Å². The summed E-state index contributed by atoms with van der Waals surface area (Å²) in [6.45, 7) is 1.27. The number of anilines is 1. The number of rotatable bonds is 14. The molecule has 35 heavy (non-hydrogen) atoms. The number of carbonyl (C=O) groups excluding carboxylic acids is 1.